The number of nitrogens with one attached hydrogen (secondary N) is 1. The van der Waals surface area contributed by atoms with Crippen molar-refractivity contribution in [3.8, 4) is 0 Å². The van der Waals surface area contributed by atoms with Crippen molar-refractivity contribution in [3.63, 3.8) is 0 Å². The molecule has 0 atom stereocenters. The first-order valence-electron chi connectivity index (χ1n) is 12.1. The SMILES string of the molecule is CCCCOC(=O)c1cccc(N2C(=O)C(Cl)=C(Nc3ccc(C(=O)N4CCCCC4)cc3)C2=O)c1. The molecule has 2 aliphatic heterocycles. The molecule has 9 heteroatoms. The Morgan fingerprint density at radius 2 is 1.69 bits per heavy atom. The van der Waals surface area contributed by atoms with Gasteiger partial charge in [0.15, 0.2) is 0 Å². The minimum absolute atomic E-state index is 0.0232. The number of likely N-dealkylation sites (tertiary alicyclic amines) is 1. The number of amides is 3. The van der Waals surface area contributed by atoms with Crippen molar-refractivity contribution in [1.82, 2.24) is 4.90 Å². The number of esters is 1. The van der Waals surface area contributed by atoms with Gasteiger partial charge in [-0.25, -0.2) is 9.69 Å². The van der Waals surface area contributed by atoms with Crippen LogP contribution in [-0.2, 0) is 14.3 Å². The highest BCUT2D eigenvalue weighted by molar-refractivity contribution is 6.53. The van der Waals surface area contributed by atoms with E-state index in [1.807, 2.05) is 11.8 Å². The van der Waals surface area contributed by atoms with E-state index in [1.54, 1.807) is 42.5 Å². The molecule has 2 heterocycles. The second-order valence-electron chi connectivity index (χ2n) is 8.73. The van der Waals surface area contributed by atoms with Crippen LogP contribution in [0.1, 0.15) is 59.7 Å². The molecule has 0 bridgehead atoms. The van der Waals surface area contributed by atoms with Gasteiger partial charge in [-0.2, -0.15) is 0 Å². The molecule has 36 heavy (non-hydrogen) atoms. The van der Waals surface area contributed by atoms with Crippen molar-refractivity contribution in [2.75, 3.05) is 29.9 Å². The molecule has 0 saturated carbocycles. The summed E-state index contributed by atoms with van der Waals surface area (Å²) < 4.78 is 5.22. The van der Waals surface area contributed by atoms with Crippen LogP contribution in [0.3, 0.4) is 0 Å². The normalized spacial score (nSPS) is 15.9. The van der Waals surface area contributed by atoms with Gasteiger partial charge in [0.1, 0.15) is 10.7 Å². The highest BCUT2D eigenvalue weighted by Crippen LogP contribution is 2.31. The molecule has 1 N–H and O–H groups in total. The monoisotopic (exact) mass is 509 g/mol. The van der Waals surface area contributed by atoms with Crippen molar-refractivity contribution in [3.05, 3.63) is 70.4 Å². The molecule has 8 nitrogen and oxygen atoms in total. The Bertz CT molecular complexity index is 1200. The molecule has 2 aromatic carbocycles. The predicted octanol–water partition coefficient (Wildman–Crippen LogP) is 4.71. The Morgan fingerprint density at radius 3 is 2.39 bits per heavy atom. The summed E-state index contributed by atoms with van der Waals surface area (Å²) in [6.45, 7) is 3.80. The summed E-state index contributed by atoms with van der Waals surface area (Å²) >= 11 is 6.24. The van der Waals surface area contributed by atoms with Crippen molar-refractivity contribution >= 4 is 46.7 Å². The molecular formula is C27H28ClN3O5. The van der Waals surface area contributed by atoms with E-state index in [4.69, 9.17) is 16.3 Å². The van der Waals surface area contributed by atoms with Crippen LogP contribution in [0, 0.1) is 0 Å². The van der Waals surface area contributed by atoms with E-state index in [-0.39, 0.29) is 27.9 Å². The Kier molecular flexibility index (Phi) is 8.05. The second kappa shape index (κ2) is 11.4. The third kappa shape index (κ3) is 5.44. The number of ether oxygens (including phenoxy) is 1. The maximum atomic E-state index is 13.1. The largest absolute Gasteiger partial charge is 0.462 e. The number of hydrogen-bond acceptors (Lipinski definition) is 6. The average Bonchev–Trinajstić information content (AvgIpc) is 3.12. The molecule has 1 fully saturated rings. The third-order valence-electron chi connectivity index (χ3n) is 6.14. The number of carbonyl (C=O) groups is 4. The maximum absolute atomic E-state index is 13.1. The lowest BCUT2D eigenvalue weighted by molar-refractivity contribution is -0.120. The number of unbranched alkanes of at least 4 members (excludes halogenated alkanes) is 1. The third-order valence-corrected chi connectivity index (χ3v) is 6.49. The lowest BCUT2D eigenvalue weighted by Gasteiger charge is -2.26. The molecule has 2 aliphatic rings. The zero-order valence-corrected chi connectivity index (χ0v) is 20.8. The highest BCUT2D eigenvalue weighted by atomic mass is 35.5. The molecule has 4 rings (SSSR count). The van der Waals surface area contributed by atoms with Gasteiger partial charge >= 0.3 is 5.97 Å². The Hall–Kier alpha value is -3.65. The summed E-state index contributed by atoms with van der Waals surface area (Å²) in [5.74, 6) is -1.89. The van der Waals surface area contributed by atoms with E-state index in [2.05, 4.69) is 5.32 Å². The topological polar surface area (TPSA) is 96.0 Å². The molecular weight excluding hydrogens is 482 g/mol. The molecule has 0 radical (unpaired) electrons. The van der Waals surface area contributed by atoms with Gasteiger partial charge in [0.2, 0.25) is 0 Å². The van der Waals surface area contributed by atoms with E-state index in [0.717, 1.165) is 50.1 Å². The summed E-state index contributed by atoms with van der Waals surface area (Å²) in [4.78, 5) is 53.7. The molecule has 0 spiro atoms. The first-order chi connectivity index (χ1) is 17.4. The smallest absolute Gasteiger partial charge is 0.338 e. The number of benzene rings is 2. The van der Waals surface area contributed by atoms with Crippen LogP contribution in [0.25, 0.3) is 0 Å². The van der Waals surface area contributed by atoms with E-state index < -0.39 is 17.8 Å². The molecule has 0 unspecified atom stereocenters. The van der Waals surface area contributed by atoms with Gasteiger partial charge in [-0.15, -0.1) is 0 Å². The number of imide groups is 1. The van der Waals surface area contributed by atoms with Gasteiger partial charge in [-0.05, 0) is 68.1 Å². The number of anilines is 2. The quantitative estimate of drug-likeness (QED) is 0.314. The fourth-order valence-electron chi connectivity index (χ4n) is 4.13. The zero-order valence-electron chi connectivity index (χ0n) is 20.1. The molecule has 188 valence electrons. The fourth-order valence-corrected chi connectivity index (χ4v) is 4.34. The number of halogens is 1. The zero-order chi connectivity index (χ0) is 25.7. The van der Waals surface area contributed by atoms with Crippen molar-refractivity contribution in [2.24, 2.45) is 0 Å². The Balaban J connectivity index is 1.46. The summed E-state index contributed by atoms with van der Waals surface area (Å²) in [6, 6.07) is 12.8. The summed E-state index contributed by atoms with van der Waals surface area (Å²) in [6.07, 6.45) is 4.79. The van der Waals surface area contributed by atoms with Gasteiger partial charge in [0.05, 0.1) is 17.9 Å². The lowest BCUT2D eigenvalue weighted by Crippen LogP contribution is -2.35. The van der Waals surface area contributed by atoms with Crippen molar-refractivity contribution < 1.29 is 23.9 Å². The van der Waals surface area contributed by atoms with Crippen LogP contribution in [-0.4, -0.2) is 48.3 Å². The maximum Gasteiger partial charge on any atom is 0.338 e. The standard InChI is InChI=1S/C27H28ClN3O5/c1-2-3-16-36-27(35)19-8-7-9-21(17-19)31-25(33)22(28)23(26(31)34)29-20-12-10-18(11-13-20)24(32)30-14-5-4-6-15-30/h7-13,17,29H,2-6,14-16H2,1H3. The van der Waals surface area contributed by atoms with E-state index in [0.29, 0.717) is 17.9 Å². The van der Waals surface area contributed by atoms with Gasteiger partial charge in [0, 0.05) is 24.3 Å². The Labute approximate surface area is 214 Å². The average molecular weight is 510 g/mol. The van der Waals surface area contributed by atoms with Gasteiger partial charge in [-0.1, -0.05) is 31.0 Å². The fraction of sp³-hybridized carbons (Fsp3) is 0.333. The van der Waals surface area contributed by atoms with Crippen LogP contribution in [0.5, 0.6) is 0 Å². The number of carbonyl (C=O) groups excluding carboxylic acids is 4. The molecule has 3 amide bonds. The predicted molar refractivity (Wildman–Crippen MR) is 137 cm³/mol. The van der Waals surface area contributed by atoms with Crippen LogP contribution < -0.4 is 10.2 Å². The van der Waals surface area contributed by atoms with Crippen molar-refractivity contribution in [2.45, 2.75) is 39.0 Å². The molecule has 0 aliphatic carbocycles. The van der Waals surface area contributed by atoms with Crippen LogP contribution in [0.15, 0.2) is 59.3 Å². The second-order valence-corrected chi connectivity index (χ2v) is 9.11. The van der Waals surface area contributed by atoms with Gasteiger partial charge < -0.3 is 15.0 Å². The Morgan fingerprint density at radius 1 is 0.972 bits per heavy atom. The van der Waals surface area contributed by atoms with Crippen LogP contribution in [0.2, 0.25) is 0 Å². The summed E-state index contributed by atoms with van der Waals surface area (Å²) in [5.41, 5.74) is 1.44. The summed E-state index contributed by atoms with van der Waals surface area (Å²) in [5, 5.41) is 2.65. The minimum Gasteiger partial charge on any atom is -0.462 e. The minimum atomic E-state index is -0.697. The number of rotatable bonds is 8. The number of piperidine rings is 1. The van der Waals surface area contributed by atoms with Crippen LogP contribution in [0.4, 0.5) is 11.4 Å². The van der Waals surface area contributed by atoms with E-state index in [1.165, 1.54) is 6.07 Å². The van der Waals surface area contributed by atoms with Gasteiger partial charge in [0.25, 0.3) is 17.7 Å². The van der Waals surface area contributed by atoms with Gasteiger partial charge in [-0.3, -0.25) is 14.4 Å². The molecule has 2 aromatic rings. The number of nitrogens with zero attached hydrogens (tertiary/aromatic N) is 2. The molecule has 1 saturated heterocycles. The number of hydrogen-bond donors (Lipinski definition) is 1. The first kappa shape index (κ1) is 25.4. The highest BCUT2D eigenvalue weighted by Gasteiger charge is 2.39. The first-order valence-corrected chi connectivity index (χ1v) is 12.5. The van der Waals surface area contributed by atoms with Crippen molar-refractivity contribution in [1.29, 1.82) is 0 Å². The lowest BCUT2D eigenvalue weighted by atomic mass is 10.1. The summed E-state index contributed by atoms with van der Waals surface area (Å²) in [7, 11) is 0. The van der Waals surface area contributed by atoms with Crippen LogP contribution >= 0.6 is 11.6 Å². The molecule has 0 aromatic heterocycles. The van der Waals surface area contributed by atoms with E-state index >= 15 is 0 Å². The van der Waals surface area contributed by atoms with E-state index in [9.17, 15) is 19.2 Å².